The summed E-state index contributed by atoms with van der Waals surface area (Å²) in [6.07, 6.45) is -3.26. The highest BCUT2D eigenvalue weighted by Gasteiger charge is 2.90. The zero-order chi connectivity index (χ0) is 29.0. The topological polar surface area (TPSA) is 213 Å². The number of aromatic nitrogens is 3. The van der Waals surface area contributed by atoms with Gasteiger partial charge in [0, 0.05) is 6.42 Å². The van der Waals surface area contributed by atoms with Crippen LogP contribution in [-0.4, -0.2) is 79.6 Å². The molecule has 2 aliphatic heterocycles. The standard InChI is InChI=1S/C25H27N6O9P/c1-14(22(33)37-16-9-10-36-11-16)30-41(35,39-15-5-3-2-4-6-15)40-23-24(12-26)25(23,34)20(32)19(38-24)17-7-8-18-21(27)28-13-29-31(17)18/h2-8,13-14,16,19-20,23,32,34H,9-11H2,1H3,(H,30,35)(H2,27,28,29)/t14-,16-,19-,20-,23?,24+,25+,41?/m0/s1. The van der Waals surface area contributed by atoms with Crippen molar-refractivity contribution in [2.45, 2.75) is 55.0 Å². The van der Waals surface area contributed by atoms with Crippen LogP contribution >= 0.6 is 7.75 Å². The Labute approximate surface area is 233 Å². The maximum Gasteiger partial charge on any atom is 0.459 e. The second-order valence-electron chi connectivity index (χ2n) is 10.0. The normalized spacial score (nSPS) is 32.5. The fraction of sp³-hybridized carbons (Fsp3) is 0.440. The molecule has 5 N–H and O–H groups in total. The fourth-order valence-corrected chi connectivity index (χ4v) is 6.91. The second kappa shape index (κ2) is 10.0. The van der Waals surface area contributed by atoms with Crippen LogP contribution in [0.25, 0.3) is 5.52 Å². The first-order valence-electron chi connectivity index (χ1n) is 12.8. The Kier molecular flexibility index (Phi) is 6.74. The Morgan fingerprint density at radius 2 is 2.12 bits per heavy atom. The zero-order valence-electron chi connectivity index (χ0n) is 21.7. The molecular weight excluding hydrogens is 559 g/mol. The van der Waals surface area contributed by atoms with Crippen LogP contribution in [0.2, 0.25) is 0 Å². The van der Waals surface area contributed by atoms with Gasteiger partial charge >= 0.3 is 13.7 Å². The van der Waals surface area contributed by atoms with Crippen molar-refractivity contribution in [1.29, 1.82) is 5.26 Å². The minimum atomic E-state index is -4.52. The van der Waals surface area contributed by atoms with Crippen LogP contribution in [0.3, 0.4) is 0 Å². The monoisotopic (exact) mass is 586 g/mol. The summed E-state index contributed by atoms with van der Waals surface area (Å²) < 4.78 is 43.3. The van der Waals surface area contributed by atoms with Crippen LogP contribution in [0.1, 0.15) is 25.1 Å². The summed E-state index contributed by atoms with van der Waals surface area (Å²) in [5.41, 5.74) is 2.19. The predicted molar refractivity (Wildman–Crippen MR) is 138 cm³/mol. The number of para-hydroxylation sites is 1. The third-order valence-corrected chi connectivity index (χ3v) is 9.03. The van der Waals surface area contributed by atoms with Gasteiger partial charge in [0.1, 0.15) is 48.0 Å². The first-order valence-corrected chi connectivity index (χ1v) is 14.3. The Hall–Kier alpha value is -3.61. The van der Waals surface area contributed by atoms with E-state index in [0.717, 1.165) is 0 Å². The van der Waals surface area contributed by atoms with Crippen LogP contribution < -0.4 is 15.3 Å². The summed E-state index contributed by atoms with van der Waals surface area (Å²) in [5.74, 6) is -0.437. The zero-order valence-corrected chi connectivity index (χ0v) is 22.6. The molecular formula is C25H27N6O9P. The highest BCUT2D eigenvalue weighted by atomic mass is 31.2. The number of ether oxygens (including phenoxy) is 3. The first kappa shape index (κ1) is 27.6. The van der Waals surface area contributed by atoms with E-state index in [2.05, 4.69) is 15.2 Å². The molecule has 41 heavy (non-hydrogen) atoms. The lowest BCUT2D eigenvalue weighted by molar-refractivity contribution is -0.150. The van der Waals surface area contributed by atoms with Crippen molar-refractivity contribution in [3.05, 3.63) is 54.5 Å². The first-order chi connectivity index (χ1) is 19.6. The minimum Gasteiger partial charge on any atom is -0.459 e. The van der Waals surface area contributed by atoms with Crippen LogP contribution in [0, 0.1) is 11.3 Å². The number of esters is 1. The van der Waals surface area contributed by atoms with Crippen molar-refractivity contribution in [2.75, 3.05) is 18.9 Å². The van der Waals surface area contributed by atoms with Crippen molar-refractivity contribution in [1.82, 2.24) is 19.7 Å². The molecule has 0 amide bonds. The van der Waals surface area contributed by atoms with E-state index in [1.807, 2.05) is 6.07 Å². The molecule has 3 aromatic rings. The number of aliphatic hydroxyl groups is 2. The summed E-state index contributed by atoms with van der Waals surface area (Å²) in [5, 5.41) is 39.4. The molecule has 16 heteroatoms. The van der Waals surface area contributed by atoms with E-state index in [0.29, 0.717) is 24.2 Å². The molecule has 1 aliphatic carbocycles. The predicted octanol–water partition coefficient (Wildman–Crippen LogP) is 0.633. The number of carbonyl (C=O) groups excluding carboxylic acids is 1. The highest BCUT2D eigenvalue weighted by Crippen LogP contribution is 2.68. The third kappa shape index (κ3) is 4.45. The number of carbonyl (C=O) groups is 1. The fourth-order valence-electron chi connectivity index (χ4n) is 5.19. The van der Waals surface area contributed by atoms with Crippen LogP contribution in [0.5, 0.6) is 5.75 Å². The Morgan fingerprint density at radius 1 is 1.34 bits per heavy atom. The summed E-state index contributed by atoms with van der Waals surface area (Å²) in [6, 6.07) is 11.8. The van der Waals surface area contributed by atoms with Crippen molar-refractivity contribution in [3.63, 3.8) is 0 Å². The van der Waals surface area contributed by atoms with Crippen molar-refractivity contribution >= 4 is 25.1 Å². The molecule has 3 aliphatic rings. The molecule has 0 spiro atoms. The average Bonchev–Trinajstić information content (AvgIpc) is 3.47. The van der Waals surface area contributed by atoms with Crippen LogP contribution in [-0.2, 0) is 28.1 Å². The average molecular weight is 586 g/mol. The molecule has 2 saturated heterocycles. The minimum absolute atomic E-state index is 0.119. The van der Waals surface area contributed by atoms with Crippen LogP contribution in [0.4, 0.5) is 5.82 Å². The summed E-state index contributed by atoms with van der Waals surface area (Å²) in [6.45, 7) is 2.11. The SMILES string of the molecule is C[C@H](NP(=O)(Oc1ccccc1)OC1[C@@]2(C#N)O[C@@H](c3ccc4c(N)ncnn34)[C@H](O)[C@@]12O)C(=O)O[C@H]1CCOC1. The third-order valence-electron chi connectivity index (χ3n) is 7.39. The van der Waals surface area contributed by atoms with E-state index in [1.165, 1.54) is 29.9 Å². The van der Waals surface area contributed by atoms with E-state index in [1.54, 1.807) is 30.3 Å². The molecule has 1 saturated carbocycles. The van der Waals surface area contributed by atoms with E-state index < -0.39 is 55.4 Å². The van der Waals surface area contributed by atoms with E-state index in [4.69, 9.17) is 29.0 Å². The van der Waals surface area contributed by atoms with Gasteiger partial charge in [-0.3, -0.25) is 9.32 Å². The number of nitrogens with two attached hydrogens (primary N) is 1. The molecule has 8 atom stereocenters. The molecule has 4 heterocycles. The van der Waals surface area contributed by atoms with Gasteiger partial charge in [0.25, 0.3) is 0 Å². The van der Waals surface area contributed by atoms with E-state index in [9.17, 15) is 24.8 Å². The van der Waals surface area contributed by atoms with Gasteiger partial charge in [-0.1, -0.05) is 18.2 Å². The number of hydrogen-bond donors (Lipinski definition) is 4. The number of nitrogens with zero attached hydrogens (tertiary/aromatic N) is 4. The van der Waals surface area contributed by atoms with Gasteiger partial charge in [-0.15, -0.1) is 0 Å². The second-order valence-corrected chi connectivity index (χ2v) is 11.7. The number of nitrogen functional groups attached to an aromatic ring is 1. The van der Waals surface area contributed by atoms with Gasteiger partial charge < -0.3 is 34.7 Å². The van der Waals surface area contributed by atoms with Gasteiger partial charge in [-0.2, -0.15) is 15.4 Å². The number of hydrogen-bond acceptors (Lipinski definition) is 13. The molecule has 3 fully saturated rings. The van der Waals surface area contributed by atoms with E-state index in [-0.39, 0.29) is 18.2 Å². The Bertz CT molecular complexity index is 1560. The van der Waals surface area contributed by atoms with Gasteiger partial charge in [0.15, 0.2) is 17.5 Å². The number of rotatable bonds is 9. The van der Waals surface area contributed by atoms with E-state index >= 15 is 0 Å². The molecule has 2 aromatic heterocycles. The molecule has 15 nitrogen and oxygen atoms in total. The maximum atomic E-state index is 14.1. The molecule has 0 radical (unpaired) electrons. The van der Waals surface area contributed by atoms with Gasteiger partial charge in [0.05, 0.1) is 18.9 Å². The lowest BCUT2D eigenvalue weighted by Gasteiger charge is -2.26. The number of nitrogens with one attached hydrogen (secondary N) is 1. The number of aliphatic hydroxyl groups excluding tert-OH is 1. The number of nitriles is 1. The number of anilines is 1. The Morgan fingerprint density at radius 3 is 2.80 bits per heavy atom. The molecule has 216 valence electrons. The lowest BCUT2D eigenvalue weighted by atomic mass is 10.0. The van der Waals surface area contributed by atoms with Crippen molar-refractivity contribution in [3.8, 4) is 11.8 Å². The molecule has 0 bridgehead atoms. The summed E-state index contributed by atoms with van der Waals surface area (Å²) in [4.78, 5) is 16.6. The van der Waals surface area contributed by atoms with Gasteiger partial charge in [0.2, 0.25) is 5.60 Å². The molecule has 2 unspecified atom stereocenters. The molecule has 1 aromatic carbocycles. The van der Waals surface area contributed by atoms with Gasteiger partial charge in [-0.05, 0) is 31.2 Å². The maximum absolute atomic E-state index is 14.1. The van der Waals surface area contributed by atoms with Crippen molar-refractivity contribution in [2.24, 2.45) is 0 Å². The Balaban J connectivity index is 1.25. The smallest absolute Gasteiger partial charge is 0.459 e. The summed E-state index contributed by atoms with van der Waals surface area (Å²) in [7, 11) is -4.52. The van der Waals surface area contributed by atoms with Crippen molar-refractivity contribution < 1.29 is 42.8 Å². The van der Waals surface area contributed by atoms with Crippen LogP contribution in [0.15, 0.2) is 48.8 Å². The summed E-state index contributed by atoms with van der Waals surface area (Å²) >= 11 is 0. The lowest BCUT2D eigenvalue weighted by Crippen LogP contribution is -2.39. The number of benzene rings is 1. The quantitative estimate of drug-likeness (QED) is 0.200. The number of fused-ring (bicyclic) bond motifs is 2. The largest absolute Gasteiger partial charge is 0.459 e. The highest BCUT2D eigenvalue weighted by molar-refractivity contribution is 7.52. The van der Waals surface area contributed by atoms with Gasteiger partial charge in [-0.25, -0.2) is 14.1 Å². The molecule has 6 rings (SSSR count).